The number of carbonyl (C=O) groups is 1. The topological polar surface area (TPSA) is 133 Å². The third-order valence-electron chi connectivity index (χ3n) is 4.57. The molecule has 10 nitrogen and oxygen atoms in total. The lowest BCUT2D eigenvalue weighted by atomic mass is 10.1. The molecule has 4 rings (SSSR count). The number of benzene rings is 2. The van der Waals surface area contributed by atoms with Gasteiger partial charge in [0, 0.05) is 28.8 Å². The van der Waals surface area contributed by atoms with Crippen molar-refractivity contribution in [1.29, 1.82) is 0 Å². The molecule has 0 bridgehead atoms. The molecule has 10 heteroatoms. The number of aromatic nitrogens is 4. The van der Waals surface area contributed by atoms with E-state index >= 15 is 0 Å². The number of nitro benzene ring substituents is 1. The summed E-state index contributed by atoms with van der Waals surface area (Å²) >= 11 is 0. The molecule has 1 N–H and O–H groups in total. The molecule has 0 radical (unpaired) electrons. The van der Waals surface area contributed by atoms with Crippen molar-refractivity contribution in [3.63, 3.8) is 0 Å². The highest BCUT2D eigenvalue weighted by atomic mass is 16.6. The summed E-state index contributed by atoms with van der Waals surface area (Å²) in [6.07, 6.45) is 0. The Hall–Kier alpha value is -4.34. The van der Waals surface area contributed by atoms with Crippen LogP contribution in [0.3, 0.4) is 0 Å². The SMILES string of the molecule is COc1ccc2nc(C)cc(-n3nnc(C(=O)O)c3-c3ccc([N+](=O)[O-])cc3)c2c1. The van der Waals surface area contributed by atoms with E-state index in [0.717, 1.165) is 0 Å². The van der Waals surface area contributed by atoms with Gasteiger partial charge in [-0.3, -0.25) is 15.1 Å². The Morgan fingerprint density at radius 3 is 2.53 bits per heavy atom. The summed E-state index contributed by atoms with van der Waals surface area (Å²) in [4.78, 5) is 26.7. The highest BCUT2D eigenvalue weighted by molar-refractivity contribution is 5.95. The van der Waals surface area contributed by atoms with Gasteiger partial charge in [0.1, 0.15) is 11.4 Å². The monoisotopic (exact) mass is 405 g/mol. The summed E-state index contributed by atoms with van der Waals surface area (Å²) < 4.78 is 6.71. The van der Waals surface area contributed by atoms with Gasteiger partial charge >= 0.3 is 5.97 Å². The molecular weight excluding hydrogens is 390 g/mol. The second-order valence-corrected chi connectivity index (χ2v) is 6.47. The van der Waals surface area contributed by atoms with Crippen LogP contribution in [-0.4, -0.2) is 43.1 Å². The highest BCUT2D eigenvalue weighted by Crippen LogP contribution is 2.31. The third kappa shape index (κ3) is 3.20. The standard InChI is InChI=1S/C20H15N5O5/c1-11-9-17(15-10-14(30-2)7-8-16(15)21-11)24-19(18(20(26)27)22-23-24)12-3-5-13(6-4-12)25(28)29/h3-10H,1-2H3,(H,26,27). The van der Waals surface area contributed by atoms with Gasteiger partial charge in [0.25, 0.3) is 5.69 Å². The van der Waals surface area contributed by atoms with Crippen LogP contribution in [0.4, 0.5) is 5.69 Å². The van der Waals surface area contributed by atoms with Crippen molar-refractivity contribution >= 4 is 22.6 Å². The van der Waals surface area contributed by atoms with Gasteiger partial charge in [-0.15, -0.1) is 5.10 Å². The number of aryl methyl sites for hydroxylation is 1. The number of nitro groups is 1. The molecule has 2 heterocycles. The first-order valence-electron chi connectivity index (χ1n) is 8.78. The predicted molar refractivity (Wildman–Crippen MR) is 107 cm³/mol. The van der Waals surface area contributed by atoms with E-state index < -0.39 is 10.9 Å². The largest absolute Gasteiger partial charge is 0.497 e. The lowest BCUT2D eigenvalue weighted by Gasteiger charge is -2.12. The zero-order valence-electron chi connectivity index (χ0n) is 15.9. The van der Waals surface area contributed by atoms with Gasteiger partial charge in [-0.2, -0.15) is 0 Å². The van der Waals surface area contributed by atoms with Crippen LogP contribution in [0.15, 0.2) is 48.5 Å². The molecule has 0 aliphatic carbocycles. The zero-order valence-corrected chi connectivity index (χ0v) is 15.9. The molecule has 30 heavy (non-hydrogen) atoms. The van der Waals surface area contributed by atoms with E-state index in [4.69, 9.17) is 4.74 Å². The Morgan fingerprint density at radius 2 is 1.90 bits per heavy atom. The minimum atomic E-state index is -1.26. The van der Waals surface area contributed by atoms with Gasteiger partial charge in [-0.1, -0.05) is 5.21 Å². The van der Waals surface area contributed by atoms with E-state index in [1.165, 1.54) is 28.9 Å². The highest BCUT2D eigenvalue weighted by Gasteiger charge is 2.23. The van der Waals surface area contributed by atoms with Crippen LogP contribution in [0.25, 0.3) is 27.8 Å². The van der Waals surface area contributed by atoms with E-state index in [1.807, 2.05) is 6.92 Å². The summed E-state index contributed by atoms with van der Waals surface area (Å²) in [6.45, 7) is 1.81. The third-order valence-corrected chi connectivity index (χ3v) is 4.57. The number of hydrogen-bond donors (Lipinski definition) is 1. The maximum Gasteiger partial charge on any atom is 0.358 e. The lowest BCUT2D eigenvalue weighted by Crippen LogP contribution is -2.05. The number of carboxylic acid groups (broad SMARTS) is 1. The normalized spacial score (nSPS) is 10.9. The Labute approximate surface area is 169 Å². The molecule has 0 aliphatic heterocycles. The molecule has 4 aromatic rings. The van der Waals surface area contributed by atoms with Crippen LogP contribution in [0.5, 0.6) is 5.75 Å². The van der Waals surface area contributed by atoms with E-state index in [2.05, 4.69) is 15.3 Å². The summed E-state index contributed by atoms with van der Waals surface area (Å²) in [6, 6.07) is 12.7. The van der Waals surface area contributed by atoms with Crippen molar-refractivity contribution in [2.24, 2.45) is 0 Å². The first-order chi connectivity index (χ1) is 14.4. The van der Waals surface area contributed by atoms with Gasteiger partial charge in [0.2, 0.25) is 0 Å². The molecule has 0 fully saturated rings. The lowest BCUT2D eigenvalue weighted by molar-refractivity contribution is -0.384. The summed E-state index contributed by atoms with van der Waals surface area (Å²) in [5.41, 5.74) is 2.18. The minimum absolute atomic E-state index is 0.107. The molecule has 0 unspecified atom stereocenters. The van der Waals surface area contributed by atoms with Gasteiger partial charge < -0.3 is 9.84 Å². The molecule has 0 spiro atoms. The number of aromatic carboxylic acids is 1. The Balaban J connectivity index is 2.01. The number of fused-ring (bicyclic) bond motifs is 1. The van der Waals surface area contributed by atoms with Gasteiger partial charge in [-0.25, -0.2) is 9.48 Å². The second kappa shape index (κ2) is 7.24. The Morgan fingerprint density at radius 1 is 1.17 bits per heavy atom. The first-order valence-corrected chi connectivity index (χ1v) is 8.78. The summed E-state index contributed by atoms with van der Waals surface area (Å²) in [7, 11) is 1.54. The van der Waals surface area contributed by atoms with Gasteiger partial charge in [0.15, 0.2) is 5.69 Å². The number of rotatable bonds is 5. The zero-order chi connectivity index (χ0) is 21.4. The number of hydrogen-bond acceptors (Lipinski definition) is 7. The van der Waals surface area contributed by atoms with Crippen LogP contribution in [0, 0.1) is 17.0 Å². The fraction of sp³-hybridized carbons (Fsp3) is 0.100. The molecule has 150 valence electrons. The van der Waals surface area contributed by atoms with E-state index in [1.54, 1.807) is 31.4 Å². The quantitative estimate of drug-likeness (QED) is 0.394. The van der Waals surface area contributed by atoms with E-state index in [-0.39, 0.29) is 17.1 Å². The van der Waals surface area contributed by atoms with Crippen LogP contribution in [-0.2, 0) is 0 Å². The number of pyridine rings is 1. The average Bonchev–Trinajstić information content (AvgIpc) is 3.18. The maximum absolute atomic E-state index is 11.8. The van der Waals surface area contributed by atoms with Crippen LogP contribution < -0.4 is 4.74 Å². The van der Waals surface area contributed by atoms with Crippen LogP contribution in [0.1, 0.15) is 16.2 Å². The summed E-state index contributed by atoms with van der Waals surface area (Å²) in [5, 5.41) is 29.2. The smallest absolute Gasteiger partial charge is 0.358 e. The molecule has 2 aromatic heterocycles. The molecule has 0 amide bonds. The number of nitrogens with zero attached hydrogens (tertiary/aromatic N) is 5. The fourth-order valence-corrected chi connectivity index (χ4v) is 3.21. The molecule has 0 saturated carbocycles. The molecule has 0 atom stereocenters. The Kier molecular flexibility index (Phi) is 4.59. The molecular formula is C20H15N5O5. The molecule has 0 saturated heterocycles. The Bertz CT molecular complexity index is 1300. The second-order valence-electron chi connectivity index (χ2n) is 6.47. The summed E-state index contributed by atoms with van der Waals surface area (Å²) in [5.74, 6) is -0.660. The van der Waals surface area contributed by atoms with Crippen molar-refractivity contribution in [2.45, 2.75) is 6.92 Å². The van der Waals surface area contributed by atoms with Crippen molar-refractivity contribution in [3.05, 3.63) is 70.0 Å². The van der Waals surface area contributed by atoms with Gasteiger partial charge in [-0.05, 0) is 43.3 Å². The first kappa shape index (κ1) is 19.0. The average molecular weight is 405 g/mol. The van der Waals surface area contributed by atoms with Crippen LogP contribution in [0.2, 0.25) is 0 Å². The van der Waals surface area contributed by atoms with Crippen molar-refractivity contribution < 1.29 is 19.6 Å². The van der Waals surface area contributed by atoms with Crippen LogP contribution >= 0.6 is 0 Å². The number of non-ortho nitro benzene ring substituents is 1. The van der Waals surface area contributed by atoms with E-state index in [0.29, 0.717) is 33.6 Å². The fourth-order valence-electron chi connectivity index (χ4n) is 3.21. The van der Waals surface area contributed by atoms with Crippen molar-refractivity contribution in [1.82, 2.24) is 20.0 Å². The predicted octanol–water partition coefficient (Wildman–Crippen LogP) is 3.41. The maximum atomic E-state index is 11.8. The molecule has 0 aliphatic rings. The number of ether oxygens (including phenoxy) is 1. The number of methoxy groups -OCH3 is 1. The van der Waals surface area contributed by atoms with Gasteiger partial charge in [0.05, 0.1) is 23.2 Å². The van der Waals surface area contributed by atoms with Crippen molar-refractivity contribution in [2.75, 3.05) is 7.11 Å². The number of carboxylic acids is 1. The van der Waals surface area contributed by atoms with E-state index in [9.17, 15) is 20.0 Å². The van der Waals surface area contributed by atoms with Crippen molar-refractivity contribution in [3.8, 4) is 22.7 Å². The molecule has 2 aromatic carbocycles. The minimum Gasteiger partial charge on any atom is -0.497 e.